The highest BCUT2D eigenvalue weighted by Gasteiger charge is 1.84. The molecule has 0 aliphatic carbocycles. The summed E-state index contributed by atoms with van der Waals surface area (Å²) in [5.41, 5.74) is 15.0. The molecule has 0 saturated carbocycles. The molecule has 1 rings (SSSR count). The van der Waals surface area contributed by atoms with Gasteiger partial charge in [0, 0.05) is 11.9 Å². The van der Waals surface area contributed by atoms with Crippen molar-refractivity contribution in [2.75, 3.05) is 5.73 Å². The van der Waals surface area contributed by atoms with Crippen LogP contribution in [0.3, 0.4) is 0 Å². The number of nitrogens with zero attached hydrogens (tertiary/aromatic N) is 1. The van der Waals surface area contributed by atoms with E-state index in [2.05, 4.69) is 22.7 Å². The molecule has 0 bridgehead atoms. The molecule has 0 saturated heterocycles. The van der Waals surface area contributed by atoms with Crippen LogP contribution >= 0.6 is 12.2 Å². The molecule has 0 fully saturated rings. The van der Waals surface area contributed by atoms with Crippen molar-refractivity contribution in [3.05, 3.63) is 35.9 Å². The van der Waals surface area contributed by atoms with Crippen LogP contribution in [-0.4, -0.2) is 11.3 Å². The highest BCUT2D eigenvalue weighted by atomic mass is 32.1. The molecule has 0 amide bonds. The molecule has 15 heavy (non-hydrogen) atoms. The van der Waals surface area contributed by atoms with Crippen molar-refractivity contribution < 1.29 is 0 Å². The zero-order valence-electron chi connectivity index (χ0n) is 8.05. The number of nitrogens with one attached hydrogen (secondary N) is 1. The second-order valence-electron chi connectivity index (χ2n) is 2.78. The first-order valence-electron chi connectivity index (χ1n) is 4.29. The maximum atomic E-state index is 5.55. The largest absolute Gasteiger partial charge is 0.399 e. The Morgan fingerprint density at radius 3 is 2.60 bits per heavy atom. The lowest BCUT2D eigenvalue weighted by molar-refractivity contribution is 1.04. The summed E-state index contributed by atoms with van der Waals surface area (Å²) in [6, 6.07) is 7.51. The molecule has 0 unspecified atom stereocenters. The lowest BCUT2D eigenvalue weighted by atomic mass is 10.2. The standard InChI is InChI=1S/C10H12N4S/c11-9-5-3-8(4-6-9)2-1-7-13-14-10(12)15/h1-7H,11H2,(H3,12,14,15)/b2-1+,13-7+. The molecule has 0 radical (unpaired) electrons. The molecule has 1 aromatic carbocycles. The fourth-order valence-electron chi connectivity index (χ4n) is 0.905. The normalized spacial score (nSPS) is 10.9. The molecular formula is C10H12N4S. The maximum absolute atomic E-state index is 5.55. The number of thiocarbonyl (C=S) groups is 1. The number of hydrazone groups is 1. The number of anilines is 1. The van der Waals surface area contributed by atoms with Gasteiger partial charge in [0.2, 0.25) is 0 Å². The number of nitrogen functional groups attached to an aromatic ring is 1. The Bertz CT molecular complexity index is 381. The van der Waals surface area contributed by atoms with Crippen molar-refractivity contribution in [1.82, 2.24) is 5.43 Å². The zero-order valence-corrected chi connectivity index (χ0v) is 8.87. The molecule has 0 atom stereocenters. The van der Waals surface area contributed by atoms with E-state index in [1.54, 1.807) is 12.3 Å². The Morgan fingerprint density at radius 2 is 2.00 bits per heavy atom. The van der Waals surface area contributed by atoms with Gasteiger partial charge in [-0.05, 0) is 36.0 Å². The topological polar surface area (TPSA) is 76.4 Å². The van der Waals surface area contributed by atoms with Crippen LogP contribution in [0.4, 0.5) is 5.69 Å². The molecular weight excluding hydrogens is 208 g/mol. The van der Waals surface area contributed by atoms with Gasteiger partial charge in [0.1, 0.15) is 0 Å². The third-order valence-electron chi connectivity index (χ3n) is 1.56. The minimum atomic E-state index is 0.145. The fraction of sp³-hybridized carbons (Fsp3) is 0. The second kappa shape index (κ2) is 5.77. The molecule has 0 aliphatic rings. The van der Waals surface area contributed by atoms with E-state index in [0.29, 0.717) is 0 Å². The van der Waals surface area contributed by atoms with Gasteiger partial charge in [-0.15, -0.1) is 0 Å². The van der Waals surface area contributed by atoms with Crippen molar-refractivity contribution in [2.45, 2.75) is 0 Å². The van der Waals surface area contributed by atoms with Crippen LogP contribution in [0.25, 0.3) is 6.08 Å². The Kier molecular flexibility index (Phi) is 4.30. The Hall–Kier alpha value is -1.88. The van der Waals surface area contributed by atoms with Crippen molar-refractivity contribution in [1.29, 1.82) is 0 Å². The number of hydrogen-bond donors (Lipinski definition) is 3. The molecule has 5 heteroatoms. The molecule has 0 heterocycles. The molecule has 4 nitrogen and oxygen atoms in total. The van der Waals surface area contributed by atoms with Gasteiger partial charge in [-0.1, -0.05) is 18.2 Å². The number of nitrogens with two attached hydrogens (primary N) is 2. The summed E-state index contributed by atoms with van der Waals surface area (Å²) in [6.07, 6.45) is 5.23. The van der Waals surface area contributed by atoms with Crippen molar-refractivity contribution in [3.63, 3.8) is 0 Å². The minimum absolute atomic E-state index is 0.145. The van der Waals surface area contributed by atoms with Crippen LogP contribution in [0.5, 0.6) is 0 Å². The van der Waals surface area contributed by atoms with E-state index < -0.39 is 0 Å². The van der Waals surface area contributed by atoms with Crippen LogP contribution in [0.15, 0.2) is 35.4 Å². The average Bonchev–Trinajstić information content (AvgIpc) is 2.20. The van der Waals surface area contributed by atoms with E-state index in [4.69, 9.17) is 11.5 Å². The van der Waals surface area contributed by atoms with E-state index in [1.165, 1.54) is 0 Å². The average molecular weight is 220 g/mol. The summed E-state index contributed by atoms with van der Waals surface area (Å²) < 4.78 is 0. The number of rotatable bonds is 3. The maximum Gasteiger partial charge on any atom is 0.184 e. The van der Waals surface area contributed by atoms with Crippen molar-refractivity contribution in [2.24, 2.45) is 10.8 Å². The predicted molar refractivity (Wildman–Crippen MR) is 68.3 cm³/mol. The van der Waals surface area contributed by atoms with Gasteiger partial charge in [0.05, 0.1) is 0 Å². The lowest BCUT2D eigenvalue weighted by Crippen LogP contribution is -2.23. The first-order valence-corrected chi connectivity index (χ1v) is 4.70. The van der Waals surface area contributed by atoms with Crippen molar-refractivity contribution >= 4 is 35.3 Å². The monoisotopic (exact) mass is 220 g/mol. The minimum Gasteiger partial charge on any atom is -0.399 e. The van der Waals surface area contributed by atoms with Crippen molar-refractivity contribution in [3.8, 4) is 0 Å². The Labute approximate surface area is 93.7 Å². The molecule has 0 spiro atoms. The number of benzene rings is 1. The van der Waals surface area contributed by atoms with E-state index in [0.717, 1.165) is 11.3 Å². The molecule has 0 aliphatic heterocycles. The van der Waals surface area contributed by atoms with Gasteiger partial charge in [-0.25, -0.2) is 0 Å². The van der Waals surface area contributed by atoms with Crippen LogP contribution in [0.2, 0.25) is 0 Å². The fourth-order valence-corrected chi connectivity index (χ4v) is 0.958. The van der Waals surface area contributed by atoms with Gasteiger partial charge in [0.15, 0.2) is 5.11 Å². The van der Waals surface area contributed by atoms with Crippen LogP contribution < -0.4 is 16.9 Å². The van der Waals surface area contributed by atoms with Gasteiger partial charge >= 0.3 is 0 Å². The summed E-state index contributed by atoms with van der Waals surface area (Å²) in [6.45, 7) is 0. The quantitative estimate of drug-likeness (QED) is 0.308. The van der Waals surface area contributed by atoms with E-state index in [9.17, 15) is 0 Å². The third kappa shape index (κ3) is 4.78. The summed E-state index contributed by atoms with van der Waals surface area (Å²) in [4.78, 5) is 0. The first-order chi connectivity index (χ1) is 7.18. The molecule has 0 aromatic heterocycles. The second-order valence-corrected chi connectivity index (χ2v) is 3.22. The first kappa shape index (κ1) is 11.2. The summed E-state index contributed by atoms with van der Waals surface area (Å²) in [7, 11) is 0. The third-order valence-corrected chi connectivity index (χ3v) is 1.65. The molecule has 78 valence electrons. The zero-order chi connectivity index (χ0) is 11.1. The Balaban J connectivity index is 2.47. The summed E-state index contributed by atoms with van der Waals surface area (Å²) >= 11 is 4.57. The summed E-state index contributed by atoms with van der Waals surface area (Å²) in [5.74, 6) is 0. The number of hydrogen-bond acceptors (Lipinski definition) is 3. The van der Waals surface area contributed by atoms with E-state index in [-0.39, 0.29) is 5.11 Å². The summed E-state index contributed by atoms with van der Waals surface area (Å²) in [5, 5.41) is 3.90. The number of allylic oxidation sites excluding steroid dienone is 1. The van der Waals surface area contributed by atoms with Gasteiger partial charge in [0.25, 0.3) is 0 Å². The van der Waals surface area contributed by atoms with E-state index in [1.807, 2.05) is 30.3 Å². The highest BCUT2D eigenvalue weighted by Crippen LogP contribution is 2.06. The molecule has 5 N–H and O–H groups in total. The van der Waals surface area contributed by atoms with Crippen LogP contribution in [-0.2, 0) is 0 Å². The van der Waals surface area contributed by atoms with Gasteiger partial charge in [-0.2, -0.15) is 5.10 Å². The lowest BCUT2D eigenvalue weighted by Gasteiger charge is -1.93. The smallest absolute Gasteiger partial charge is 0.184 e. The van der Waals surface area contributed by atoms with Gasteiger partial charge < -0.3 is 11.5 Å². The van der Waals surface area contributed by atoms with Gasteiger partial charge in [-0.3, -0.25) is 5.43 Å². The molecule has 1 aromatic rings. The highest BCUT2D eigenvalue weighted by molar-refractivity contribution is 7.80. The predicted octanol–water partition coefficient (Wildman–Crippen LogP) is 1.10. The SMILES string of the molecule is NC(=S)N/N=C/C=C/c1ccc(N)cc1. The van der Waals surface area contributed by atoms with Crippen LogP contribution in [0, 0.1) is 0 Å². The van der Waals surface area contributed by atoms with E-state index >= 15 is 0 Å². The van der Waals surface area contributed by atoms with Crippen LogP contribution in [0.1, 0.15) is 5.56 Å². The Morgan fingerprint density at radius 1 is 1.33 bits per heavy atom.